The van der Waals surface area contributed by atoms with E-state index < -0.39 is 0 Å². The SMILES string of the molecule is CCC=PCc1ccccc1. The van der Waals surface area contributed by atoms with Crippen molar-refractivity contribution in [2.45, 2.75) is 19.5 Å². The Morgan fingerprint density at radius 2 is 2.00 bits per heavy atom. The summed E-state index contributed by atoms with van der Waals surface area (Å²) < 4.78 is 0. The van der Waals surface area contributed by atoms with Gasteiger partial charge in [0.2, 0.25) is 0 Å². The van der Waals surface area contributed by atoms with Crippen LogP contribution >= 0.6 is 8.20 Å². The molecule has 0 N–H and O–H groups in total. The van der Waals surface area contributed by atoms with Crippen LogP contribution < -0.4 is 0 Å². The van der Waals surface area contributed by atoms with Crippen molar-refractivity contribution in [1.29, 1.82) is 0 Å². The Morgan fingerprint density at radius 3 is 2.64 bits per heavy atom. The zero-order valence-electron chi connectivity index (χ0n) is 6.83. The van der Waals surface area contributed by atoms with E-state index in [1.54, 1.807) is 0 Å². The van der Waals surface area contributed by atoms with E-state index in [4.69, 9.17) is 0 Å². The maximum Gasteiger partial charge on any atom is 0.0143 e. The summed E-state index contributed by atoms with van der Waals surface area (Å²) in [7, 11) is 1.43. The average Bonchev–Trinajstić information content (AvgIpc) is 2.07. The third-order valence-electron chi connectivity index (χ3n) is 1.43. The highest BCUT2D eigenvalue weighted by atomic mass is 31.1. The summed E-state index contributed by atoms with van der Waals surface area (Å²) >= 11 is 0. The highest BCUT2D eigenvalue weighted by molar-refractivity contribution is 7.37. The van der Waals surface area contributed by atoms with Crippen LogP contribution in [0.2, 0.25) is 0 Å². The Morgan fingerprint density at radius 1 is 1.27 bits per heavy atom. The van der Waals surface area contributed by atoms with Crippen molar-refractivity contribution >= 4 is 14.0 Å². The van der Waals surface area contributed by atoms with Crippen LogP contribution in [0, 0.1) is 0 Å². The molecule has 0 heterocycles. The first-order valence-corrected chi connectivity index (χ1v) is 5.10. The molecule has 0 spiro atoms. The van der Waals surface area contributed by atoms with Crippen LogP contribution in [-0.4, -0.2) is 5.80 Å². The van der Waals surface area contributed by atoms with Gasteiger partial charge in [0.15, 0.2) is 0 Å². The molecule has 11 heavy (non-hydrogen) atoms. The fourth-order valence-corrected chi connectivity index (χ4v) is 1.69. The van der Waals surface area contributed by atoms with Gasteiger partial charge in [0.05, 0.1) is 0 Å². The van der Waals surface area contributed by atoms with Gasteiger partial charge in [-0.1, -0.05) is 43.1 Å². The molecule has 0 radical (unpaired) electrons. The van der Waals surface area contributed by atoms with Gasteiger partial charge in [-0.05, 0) is 12.0 Å². The minimum absolute atomic E-state index is 1.16. The Hall–Kier alpha value is -0.610. The van der Waals surface area contributed by atoms with E-state index in [-0.39, 0.29) is 0 Å². The highest BCUT2D eigenvalue weighted by Crippen LogP contribution is 2.08. The zero-order chi connectivity index (χ0) is 7.94. The van der Waals surface area contributed by atoms with E-state index in [0.29, 0.717) is 0 Å². The first-order chi connectivity index (χ1) is 5.43. The lowest BCUT2D eigenvalue weighted by molar-refractivity contribution is 1.35. The molecule has 0 aromatic heterocycles. The third-order valence-corrected chi connectivity index (χ3v) is 2.60. The van der Waals surface area contributed by atoms with Gasteiger partial charge in [0.1, 0.15) is 0 Å². The summed E-state index contributed by atoms with van der Waals surface area (Å²) in [5, 5.41) is 0. The molecule has 0 atom stereocenters. The van der Waals surface area contributed by atoms with Crippen LogP contribution in [0.15, 0.2) is 30.3 Å². The van der Waals surface area contributed by atoms with Gasteiger partial charge in [-0.2, -0.15) is 0 Å². The second kappa shape index (κ2) is 5.09. The van der Waals surface area contributed by atoms with E-state index in [1.165, 1.54) is 20.2 Å². The predicted molar refractivity (Wildman–Crippen MR) is 53.4 cm³/mol. The molecule has 0 nitrogen and oxygen atoms in total. The first kappa shape index (κ1) is 8.49. The molecule has 1 aromatic rings. The Bertz CT molecular complexity index is 214. The van der Waals surface area contributed by atoms with Crippen molar-refractivity contribution in [1.82, 2.24) is 0 Å². The molecule has 0 amide bonds. The summed E-state index contributed by atoms with van der Waals surface area (Å²) in [5.74, 6) is 2.30. The largest absolute Gasteiger partial charge is 0.104 e. The summed E-state index contributed by atoms with van der Waals surface area (Å²) in [6.45, 7) is 2.18. The standard InChI is InChI=1S/C10H13P/c1-2-8-11-9-10-6-4-3-5-7-10/h3-8H,2,9H2,1H3. The normalized spacial score (nSPS) is 10.6. The van der Waals surface area contributed by atoms with Gasteiger partial charge in [-0.3, -0.25) is 0 Å². The van der Waals surface area contributed by atoms with Gasteiger partial charge >= 0.3 is 0 Å². The molecule has 0 saturated heterocycles. The fraction of sp³-hybridized carbons (Fsp3) is 0.300. The van der Waals surface area contributed by atoms with Crippen LogP contribution in [0.25, 0.3) is 0 Å². The first-order valence-electron chi connectivity index (χ1n) is 3.95. The molecule has 0 aliphatic rings. The summed E-state index contributed by atoms with van der Waals surface area (Å²) in [4.78, 5) is 0. The van der Waals surface area contributed by atoms with Crippen LogP contribution in [0.1, 0.15) is 18.9 Å². The van der Waals surface area contributed by atoms with Gasteiger partial charge in [0.25, 0.3) is 0 Å². The van der Waals surface area contributed by atoms with Gasteiger partial charge in [0, 0.05) is 6.16 Å². The topological polar surface area (TPSA) is 0 Å². The summed E-state index contributed by atoms with van der Waals surface area (Å²) in [6.07, 6.45) is 2.34. The Labute approximate surface area is 70.1 Å². The van der Waals surface area contributed by atoms with Crippen LogP contribution in [0.4, 0.5) is 0 Å². The van der Waals surface area contributed by atoms with Crippen LogP contribution in [0.3, 0.4) is 0 Å². The lowest BCUT2D eigenvalue weighted by Gasteiger charge is -1.92. The maximum absolute atomic E-state index is 2.30. The minimum atomic E-state index is 1.16. The molecule has 1 aromatic carbocycles. The molecule has 0 saturated carbocycles. The molecule has 0 fully saturated rings. The number of hydrogen-bond donors (Lipinski definition) is 0. The molecular formula is C10H13P. The zero-order valence-corrected chi connectivity index (χ0v) is 7.72. The predicted octanol–water partition coefficient (Wildman–Crippen LogP) is 3.35. The molecule has 1 rings (SSSR count). The lowest BCUT2D eigenvalue weighted by atomic mass is 10.2. The van der Waals surface area contributed by atoms with Crippen molar-refractivity contribution in [2.24, 2.45) is 0 Å². The van der Waals surface area contributed by atoms with Gasteiger partial charge in [-0.15, -0.1) is 8.20 Å². The van der Waals surface area contributed by atoms with Gasteiger partial charge in [-0.25, -0.2) is 0 Å². The molecule has 0 aliphatic carbocycles. The maximum atomic E-state index is 2.30. The summed E-state index contributed by atoms with van der Waals surface area (Å²) in [6, 6.07) is 10.6. The van der Waals surface area contributed by atoms with Crippen molar-refractivity contribution in [3.63, 3.8) is 0 Å². The van der Waals surface area contributed by atoms with Crippen molar-refractivity contribution in [3.8, 4) is 0 Å². The van der Waals surface area contributed by atoms with Crippen molar-refractivity contribution in [2.75, 3.05) is 0 Å². The summed E-state index contributed by atoms with van der Waals surface area (Å²) in [5.41, 5.74) is 1.43. The minimum Gasteiger partial charge on any atom is -0.104 e. The van der Waals surface area contributed by atoms with Gasteiger partial charge < -0.3 is 0 Å². The Balaban J connectivity index is 2.45. The fourth-order valence-electron chi connectivity index (χ4n) is 0.882. The van der Waals surface area contributed by atoms with E-state index in [0.717, 1.165) is 6.16 Å². The Kier molecular flexibility index (Phi) is 3.93. The van der Waals surface area contributed by atoms with E-state index >= 15 is 0 Å². The monoisotopic (exact) mass is 164 g/mol. The highest BCUT2D eigenvalue weighted by Gasteiger charge is 1.84. The third kappa shape index (κ3) is 3.34. The van der Waals surface area contributed by atoms with E-state index in [1.807, 2.05) is 0 Å². The van der Waals surface area contributed by atoms with E-state index in [2.05, 4.69) is 43.1 Å². The molecule has 0 bridgehead atoms. The molecule has 58 valence electrons. The molecule has 0 aliphatic heterocycles. The lowest BCUT2D eigenvalue weighted by Crippen LogP contribution is -1.73. The molecular weight excluding hydrogens is 151 g/mol. The average molecular weight is 164 g/mol. The van der Waals surface area contributed by atoms with Crippen molar-refractivity contribution in [3.05, 3.63) is 35.9 Å². The van der Waals surface area contributed by atoms with E-state index in [9.17, 15) is 0 Å². The molecule has 0 unspecified atom stereocenters. The number of rotatable bonds is 3. The van der Waals surface area contributed by atoms with Crippen molar-refractivity contribution < 1.29 is 0 Å². The quantitative estimate of drug-likeness (QED) is 0.601. The number of hydrogen-bond acceptors (Lipinski definition) is 0. The number of benzene rings is 1. The molecule has 1 heteroatoms. The second-order valence-corrected chi connectivity index (χ2v) is 3.46. The smallest absolute Gasteiger partial charge is 0.0143 e. The van der Waals surface area contributed by atoms with Crippen LogP contribution in [0.5, 0.6) is 0 Å². The second-order valence-electron chi connectivity index (χ2n) is 2.42. The van der Waals surface area contributed by atoms with Crippen LogP contribution in [-0.2, 0) is 6.16 Å².